The monoisotopic (exact) mass is 260 g/mol. The van der Waals surface area contributed by atoms with Crippen molar-refractivity contribution in [3.05, 3.63) is 48.0 Å². The standard InChI is InChI=1S/C13H16N4S/c1-11-8-16-13(17-9-11)18-7-6-14-10-12-4-2-3-5-15-12/h2-5,8-9,14H,6-7,10H2,1H3. The number of thioether (sulfide) groups is 1. The van der Waals surface area contributed by atoms with Crippen molar-refractivity contribution in [1.29, 1.82) is 0 Å². The number of nitrogens with one attached hydrogen (secondary N) is 1. The van der Waals surface area contributed by atoms with Crippen LogP contribution in [-0.2, 0) is 6.54 Å². The summed E-state index contributed by atoms with van der Waals surface area (Å²) in [4.78, 5) is 12.7. The van der Waals surface area contributed by atoms with Gasteiger partial charge in [-0.05, 0) is 24.6 Å². The second kappa shape index (κ2) is 7.08. The van der Waals surface area contributed by atoms with Crippen molar-refractivity contribution in [2.45, 2.75) is 18.6 Å². The second-order valence-corrected chi connectivity index (χ2v) is 4.95. The van der Waals surface area contributed by atoms with Crippen LogP contribution in [0, 0.1) is 6.92 Å². The highest BCUT2D eigenvalue weighted by atomic mass is 32.2. The van der Waals surface area contributed by atoms with Gasteiger partial charge in [0.25, 0.3) is 0 Å². The van der Waals surface area contributed by atoms with E-state index in [2.05, 4.69) is 20.3 Å². The number of aryl methyl sites for hydroxylation is 1. The van der Waals surface area contributed by atoms with Crippen LogP contribution in [0.15, 0.2) is 41.9 Å². The average Bonchev–Trinajstić information content (AvgIpc) is 2.42. The van der Waals surface area contributed by atoms with Gasteiger partial charge in [-0.1, -0.05) is 17.8 Å². The highest BCUT2D eigenvalue weighted by Crippen LogP contribution is 2.10. The van der Waals surface area contributed by atoms with Crippen LogP contribution < -0.4 is 5.32 Å². The number of pyridine rings is 1. The van der Waals surface area contributed by atoms with Gasteiger partial charge in [-0.2, -0.15) is 0 Å². The predicted molar refractivity (Wildman–Crippen MR) is 73.4 cm³/mol. The minimum absolute atomic E-state index is 0.802. The first-order valence-electron chi connectivity index (χ1n) is 5.86. The maximum Gasteiger partial charge on any atom is 0.187 e. The fraction of sp³-hybridized carbons (Fsp3) is 0.308. The van der Waals surface area contributed by atoms with Gasteiger partial charge >= 0.3 is 0 Å². The van der Waals surface area contributed by atoms with Crippen LogP contribution in [0.4, 0.5) is 0 Å². The fourth-order valence-corrected chi connectivity index (χ4v) is 2.07. The summed E-state index contributed by atoms with van der Waals surface area (Å²) in [5, 5.41) is 4.18. The Morgan fingerprint density at radius 1 is 1.17 bits per heavy atom. The first-order chi connectivity index (χ1) is 8.84. The van der Waals surface area contributed by atoms with E-state index in [1.54, 1.807) is 11.8 Å². The lowest BCUT2D eigenvalue weighted by molar-refractivity contribution is 0.715. The van der Waals surface area contributed by atoms with Gasteiger partial charge in [-0.15, -0.1) is 0 Å². The Balaban J connectivity index is 1.63. The lowest BCUT2D eigenvalue weighted by atomic mass is 10.3. The molecule has 0 aliphatic heterocycles. The third kappa shape index (κ3) is 4.43. The molecule has 0 aliphatic rings. The third-order valence-corrected chi connectivity index (χ3v) is 3.18. The summed E-state index contributed by atoms with van der Waals surface area (Å²) in [6.07, 6.45) is 5.50. The van der Waals surface area contributed by atoms with Crippen LogP contribution in [0.3, 0.4) is 0 Å². The second-order valence-electron chi connectivity index (χ2n) is 3.89. The number of nitrogens with zero attached hydrogens (tertiary/aromatic N) is 3. The average molecular weight is 260 g/mol. The molecule has 4 nitrogen and oxygen atoms in total. The molecule has 2 heterocycles. The number of hydrogen-bond acceptors (Lipinski definition) is 5. The summed E-state index contributed by atoms with van der Waals surface area (Å²) in [6, 6.07) is 5.94. The zero-order chi connectivity index (χ0) is 12.6. The van der Waals surface area contributed by atoms with Crippen molar-refractivity contribution in [3.8, 4) is 0 Å². The van der Waals surface area contributed by atoms with E-state index in [4.69, 9.17) is 0 Å². The molecule has 0 saturated carbocycles. The van der Waals surface area contributed by atoms with Crippen molar-refractivity contribution >= 4 is 11.8 Å². The molecule has 0 radical (unpaired) electrons. The topological polar surface area (TPSA) is 50.7 Å². The molecule has 2 rings (SSSR count). The lowest BCUT2D eigenvalue weighted by Gasteiger charge is -2.03. The summed E-state index contributed by atoms with van der Waals surface area (Å²) in [7, 11) is 0. The minimum atomic E-state index is 0.802. The number of rotatable bonds is 6. The molecule has 0 bridgehead atoms. The highest BCUT2D eigenvalue weighted by Gasteiger charge is 1.97. The Morgan fingerprint density at radius 3 is 2.72 bits per heavy atom. The quantitative estimate of drug-likeness (QED) is 0.489. The maximum absolute atomic E-state index is 4.25. The van der Waals surface area contributed by atoms with E-state index in [9.17, 15) is 0 Å². The molecule has 0 fully saturated rings. The van der Waals surface area contributed by atoms with Gasteiger partial charge in [0.15, 0.2) is 5.16 Å². The summed E-state index contributed by atoms with van der Waals surface area (Å²) in [5.41, 5.74) is 2.15. The SMILES string of the molecule is Cc1cnc(SCCNCc2ccccn2)nc1. The van der Waals surface area contributed by atoms with Crippen LogP contribution in [0.5, 0.6) is 0 Å². The fourth-order valence-electron chi connectivity index (χ4n) is 1.39. The molecule has 0 amide bonds. The molecule has 1 N–H and O–H groups in total. The lowest BCUT2D eigenvalue weighted by Crippen LogP contribution is -2.17. The molecular weight excluding hydrogens is 244 g/mol. The van der Waals surface area contributed by atoms with Gasteiger partial charge in [-0.25, -0.2) is 9.97 Å². The molecule has 0 aliphatic carbocycles. The van der Waals surface area contributed by atoms with Gasteiger partial charge in [0.05, 0.1) is 5.69 Å². The number of aromatic nitrogens is 3. The molecule has 0 spiro atoms. The van der Waals surface area contributed by atoms with E-state index in [0.717, 1.165) is 35.3 Å². The first kappa shape index (κ1) is 13.0. The molecule has 94 valence electrons. The van der Waals surface area contributed by atoms with E-state index in [-0.39, 0.29) is 0 Å². The molecule has 5 heteroatoms. The Hall–Kier alpha value is -1.46. The van der Waals surface area contributed by atoms with Gasteiger partial charge in [0.1, 0.15) is 0 Å². The van der Waals surface area contributed by atoms with Crippen molar-refractivity contribution in [2.24, 2.45) is 0 Å². The first-order valence-corrected chi connectivity index (χ1v) is 6.85. The molecular formula is C13H16N4S. The van der Waals surface area contributed by atoms with Crippen molar-refractivity contribution < 1.29 is 0 Å². The van der Waals surface area contributed by atoms with Crippen LogP contribution >= 0.6 is 11.8 Å². The van der Waals surface area contributed by atoms with Crippen LogP contribution in [0.2, 0.25) is 0 Å². The molecule has 0 aromatic carbocycles. The number of hydrogen-bond donors (Lipinski definition) is 1. The highest BCUT2D eigenvalue weighted by molar-refractivity contribution is 7.99. The van der Waals surface area contributed by atoms with Gasteiger partial charge < -0.3 is 5.32 Å². The third-order valence-electron chi connectivity index (χ3n) is 2.30. The summed E-state index contributed by atoms with van der Waals surface area (Å²) in [5.74, 6) is 0.954. The van der Waals surface area contributed by atoms with Crippen molar-refractivity contribution in [3.63, 3.8) is 0 Å². The van der Waals surface area contributed by atoms with Crippen LogP contribution in [0.1, 0.15) is 11.3 Å². The van der Waals surface area contributed by atoms with Crippen molar-refractivity contribution in [2.75, 3.05) is 12.3 Å². The van der Waals surface area contributed by atoms with Crippen LogP contribution in [0.25, 0.3) is 0 Å². The van der Waals surface area contributed by atoms with E-state index < -0.39 is 0 Å². The van der Waals surface area contributed by atoms with Gasteiger partial charge in [0, 0.05) is 37.4 Å². The summed E-state index contributed by atoms with van der Waals surface area (Å²) < 4.78 is 0. The largest absolute Gasteiger partial charge is 0.310 e. The van der Waals surface area contributed by atoms with E-state index >= 15 is 0 Å². The van der Waals surface area contributed by atoms with E-state index in [1.807, 2.05) is 43.7 Å². The minimum Gasteiger partial charge on any atom is -0.310 e. The molecule has 2 aromatic heterocycles. The Kier molecular flexibility index (Phi) is 5.11. The molecule has 0 saturated heterocycles. The van der Waals surface area contributed by atoms with E-state index in [1.165, 1.54) is 0 Å². The Bertz CT molecular complexity index is 458. The summed E-state index contributed by atoms with van der Waals surface area (Å²) in [6.45, 7) is 3.71. The van der Waals surface area contributed by atoms with Gasteiger partial charge in [-0.3, -0.25) is 4.98 Å². The predicted octanol–water partition coefficient (Wildman–Crippen LogP) is 2.06. The molecule has 0 unspecified atom stereocenters. The van der Waals surface area contributed by atoms with Crippen LogP contribution in [-0.4, -0.2) is 27.2 Å². The zero-order valence-corrected chi connectivity index (χ0v) is 11.2. The Morgan fingerprint density at radius 2 is 2.00 bits per heavy atom. The normalized spacial score (nSPS) is 10.5. The maximum atomic E-state index is 4.25. The smallest absolute Gasteiger partial charge is 0.187 e. The Labute approximate surface area is 111 Å². The molecule has 18 heavy (non-hydrogen) atoms. The molecule has 2 aromatic rings. The van der Waals surface area contributed by atoms with Gasteiger partial charge in [0.2, 0.25) is 0 Å². The summed E-state index contributed by atoms with van der Waals surface area (Å²) >= 11 is 1.66. The zero-order valence-electron chi connectivity index (χ0n) is 10.3. The van der Waals surface area contributed by atoms with E-state index in [0.29, 0.717) is 0 Å². The molecule has 0 atom stereocenters. The van der Waals surface area contributed by atoms with Crippen molar-refractivity contribution in [1.82, 2.24) is 20.3 Å².